The molecule has 0 amide bonds. The molecule has 1 heterocycles. The maximum Gasteiger partial charge on any atom is 0.359 e. The lowest BCUT2D eigenvalue weighted by Gasteiger charge is -2.08. The first-order valence-corrected chi connectivity index (χ1v) is 4.34. The molecule has 0 aliphatic heterocycles. The van der Waals surface area contributed by atoms with Gasteiger partial charge < -0.3 is 4.74 Å². The van der Waals surface area contributed by atoms with E-state index in [0.29, 0.717) is 5.69 Å². The van der Waals surface area contributed by atoms with Crippen molar-refractivity contribution in [1.29, 1.82) is 0 Å². The molecule has 12 heavy (non-hydrogen) atoms. The molecule has 66 valence electrons. The Balaban J connectivity index is 2.40. The van der Waals surface area contributed by atoms with E-state index in [2.05, 4.69) is 4.98 Å². The Morgan fingerprint density at radius 3 is 3.00 bits per heavy atom. The highest BCUT2D eigenvalue weighted by Gasteiger charge is 2.08. The molecule has 0 fully saturated rings. The molecule has 1 rings (SSSR count). The highest BCUT2D eigenvalue weighted by Crippen LogP contribution is 2.02. The molecule has 0 N–H and O–H groups in total. The molecule has 0 aliphatic rings. The number of hydrogen-bond acceptors (Lipinski definition) is 5. The minimum absolute atomic E-state index is 0.288. The van der Waals surface area contributed by atoms with Crippen LogP contribution in [0.3, 0.4) is 0 Å². The van der Waals surface area contributed by atoms with Crippen LogP contribution in [0, 0.1) is 0 Å². The molecule has 1 aromatic rings. The van der Waals surface area contributed by atoms with Crippen molar-refractivity contribution in [2.45, 2.75) is 0 Å². The molecule has 0 aliphatic carbocycles. The Kier molecular flexibility index (Phi) is 3.19. The van der Waals surface area contributed by atoms with Gasteiger partial charge in [0.25, 0.3) is 0 Å². The molecule has 5 heteroatoms. The number of nitrogens with zero attached hydrogens (tertiary/aromatic N) is 2. The van der Waals surface area contributed by atoms with Crippen molar-refractivity contribution in [3.05, 3.63) is 16.6 Å². The van der Waals surface area contributed by atoms with Crippen LogP contribution in [0.15, 0.2) is 10.9 Å². The second kappa shape index (κ2) is 4.18. The summed E-state index contributed by atoms with van der Waals surface area (Å²) in [6.07, 6.45) is 0. The number of ether oxygens (including phenoxy) is 1. The number of thiazole rings is 1. The average molecular weight is 186 g/mol. The van der Waals surface area contributed by atoms with Crippen molar-refractivity contribution in [2.24, 2.45) is 0 Å². The van der Waals surface area contributed by atoms with Crippen molar-refractivity contribution < 1.29 is 9.53 Å². The molecule has 0 atom stereocenters. The number of aromatic nitrogens is 1. The number of rotatable bonds is 3. The van der Waals surface area contributed by atoms with Crippen molar-refractivity contribution in [1.82, 2.24) is 9.88 Å². The minimum Gasteiger partial charge on any atom is -0.445 e. The zero-order chi connectivity index (χ0) is 8.97. The third kappa shape index (κ3) is 2.60. The van der Waals surface area contributed by atoms with Gasteiger partial charge in [0.15, 0.2) is 5.69 Å². The number of carbonyl (C=O) groups excluding carboxylic acids is 1. The zero-order valence-corrected chi connectivity index (χ0v) is 7.80. The van der Waals surface area contributed by atoms with Gasteiger partial charge in [-0.25, -0.2) is 9.78 Å². The average Bonchev–Trinajstić information content (AvgIpc) is 2.51. The Morgan fingerprint density at radius 2 is 2.50 bits per heavy atom. The maximum atomic E-state index is 11.1. The Hall–Kier alpha value is -0.940. The van der Waals surface area contributed by atoms with Crippen LogP contribution in [-0.2, 0) is 4.74 Å². The van der Waals surface area contributed by atoms with Gasteiger partial charge in [-0.3, -0.25) is 4.90 Å². The van der Waals surface area contributed by atoms with E-state index in [-0.39, 0.29) is 12.7 Å². The van der Waals surface area contributed by atoms with Crippen LogP contribution in [0.2, 0.25) is 0 Å². The summed E-state index contributed by atoms with van der Waals surface area (Å²) >= 11 is 1.38. The summed E-state index contributed by atoms with van der Waals surface area (Å²) in [5.41, 5.74) is 1.98. The normalized spacial score (nSPS) is 10.2. The zero-order valence-electron chi connectivity index (χ0n) is 6.98. The van der Waals surface area contributed by atoms with Gasteiger partial charge >= 0.3 is 5.97 Å². The molecule has 0 spiro atoms. The predicted octanol–water partition coefficient (Wildman–Crippen LogP) is 0.819. The quantitative estimate of drug-likeness (QED) is 0.517. The summed E-state index contributed by atoms with van der Waals surface area (Å²) in [6.45, 7) is 0.288. The first-order valence-electron chi connectivity index (χ1n) is 3.40. The van der Waals surface area contributed by atoms with Crippen LogP contribution >= 0.6 is 11.3 Å². The standard InChI is InChI=1S/C7H10N2O2S/c1-9(2)5-11-7(10)6-3-12-4-8-6/h3-4H,5H2,1-2H3. The van der Waals surface area contributed by atoms with E-state index in [1.807, 2.05) is 14.1 Å². The van der Waals surface area contributed by atoms with Gasteiger partial charge in [-0.2, -0.15) is 0 Å². The van der Waals surface area contributed by atoms with Gasteiger partial charge in [-0.1, -0.05) is 0 Å². The molecule has 0 saturated carbocycles. The third-order valence-corrected chi connectivity index (χ3v) is 1.68. The van der Waals surface area contributed by atoms with E-state index in [1.54, 1.807) is 15.8 Å². The molecule has 4 nitrogen and oxygen atoms in total. The van der Waals surface area contributed by atoms with Crippen molar-refractivity contribution in [3.63, 3.8) is 0 Å². The fourth-order valence-electron chi connectivity index (χ4n) is 0.575. The monoisotopic (exact) mass is 186 g/mol. The van der Waals surface area contributed by atoms with Gasteiger partial charge in [0.1, 0.15) is 6.73 Å². The molecule has 0 radical (unpaired) electrons. The molecule has 1 aromatic heterocycles. The van der Waals surface area contributed by atoms with E-state index < -0.39 is 0 Å². The summed E-state index contributed by atoms with van der Waals surface area (Å²) < 4.78 is 4.88. The Labute approximate surface area is 74.8 Å². The van der Waals surface area contributed by atoms with Gasteiger partial charge in [-0.15, -0.1) is 11.3 Å². The highest BCUT2D eigenvalue weighted by atomic mass is 32.1. The van der Waals surface area contributed by atoms with Crippen LogP contribution < -0.4 is 0 Å². The van der Waals surface area contributed by atoms with Gasteiger partial charge in [0.2, 0.25) is 0 Å². The van der Waals surface area contributed by atoms with Gasteiger partial charge in [0, 0.05) is 5.38 Å². The van der Waals surface area contributed by atoms with E-state index >= 15 is 0 Å². The van der Waals surface area contributed by atoms with Crippen LogP contribution in [0.4, 0.5) is 0 Å². The van der Waals surface area contributed by atoms with E-state index in [4.69, 9.17) is 4.74 Å². The first kappa shape index (κ1) is 9.15. The van der Waals surface area contributed by atoms with Gasteiger partial charge in [0.05, 0.1) is 5.51 Å². The van der Waals surface area contributed by atoms with Crippen LogP contribution in [0.5, 0.6) is 0 Å². The fourth-order valence-corrected chi connectivity index (χ4v) is 1.10. The van der Waals surface area contributed by atoms with Crippen LogP contribution in [-0.4, -0.2) is 36.7 Å². The lowest BCUT2D eigenvalue weighted by atomic mass is 10.5. The molecule has 0 unspecified atom stereocenters. The second-order valence-electron chi connectivity index (χ2n) is 2.51. The second-order valence-corrected chi connectivity index (χ2v) is 3.23. The van der Waals surface area contributed by atoms with Crippen molar-refractivity contribution in [3.8, 4) is 0 Å². The summed E-state index contributed by atoms with van der Waals surface area (Å²) in [7, 11) is 3.66. The predicted molar refractivity (Wildman–Crippen MR) is 46.1 cm³/mol. The Bertz CT molecular complexity index is 246. The fraction of sp³-hybridized carbons (Fsp3) is 0.429. The molecular formula is C7H10N2O2S. The highest BCUT2D eigenvalue weighted by molar-refractivity contribution is 7.07. The summed E-state index contributed by atoms with van der Waals surface area (Å²) in [4.78, 5) is 16.7. The van der Waals surface area contributed by atoms with Crippen LogP contribution in [0.1, 0.15) is 10.5 Å². The van der Waals surface area contributed by atoms with E-state index in [0.717, 1.165) is 0 Å². The van der Waals surface area contributed by atoms with E-state index in [1.165, 1.54) is 11.3 Å². The number of hydrogen-bond donors (Lipinski definition) is 0. The lowest BCUT2D eigenvalue weighted by molar-refractivity contribution is 0.0314. The topological polar surface area (TPSA) is 42.4 Å². The summed E-state index contributed by atoms with van der Waals surface area (Å²) in [6, 6.07) is 0. The first-order chi connectivity index (χ1) is 5.70. The van der Waals surface area contributed by atoms with Gasteiger partial charge in [-0.05, 0) is 14.1 Å². The molecule has 0 bridgehead atoms. The lowest BCUT2D eigenvalue weighted by Crippen LogP contribution is -2.19. The minimum atomic E-state index is -0.370. The molecule has 0 aromatic carbocycles. The largest absolute Gasteiger partial charge is 0.445 e. The number of carbonyl (C=O) groups is 1. The summed E-state index contributed by atoms with van der Waals surface area (Å²) in [5.74, 6) is -0.370. The smallest absolute Gasteiger partial charge is 0.359 e. The van der Waals surface area contributed by atoms with Crippen molar-refractivity contribution in [2.75, 3.05) is 20.8 Å². The van der Waals surface area contributed by atoms with Crippen molar-refractivity contribution >= 4 is 17.3 Å². The maximum absolute atomic E-state index is 11.1. The number of esters is 1. The third-order valence-electron chi connectivity index (χ3n) is 1.10. The Morgan fingerprint density at radius 1 is 1.75 bits per heavy atom. The molecule has 0 saturated heterocycles. The molecular weight excluding hydrogens is 176 g/mol. The van der Waals surface area contributed by atoms with Crippen LogP contribution in [0.25, 0.3) is 0 Å². The van der Waals surface area contributed by atoms with E-state index in [9.17, 15) is 4.79 Å². The SMILES string of the molecule is CN(C)COC(=O)c1cscn1. The summed E-state index contributed by atoms with van der Waals surface area (Å²) in [5, 5.41) is 1.66.